The number of hydrogen-bond donors (Lipinski definition) is 2. The van der Waals surface area contributed by atoms with Crippen molar-refractivity contribution in [2.24, 2.45) is 0 Å². The largest absolute Gasteiger partial charge is 0.484 e. The summed E-state index contributed by atoms with van der Waals surface area (Å²) in [5.41, 5.74) is 0.110. The van der Waals surface area contributed by atoms with E-state index in [0.717, 1.165) is 19.4 Å². The molecule has 0 saturated carbocycles. The number of amides is 2. The number of unbranched alkanes of at least 4 members (excludes halogenated alkanes) is 1. The van der Waals surface area contributed by atoms with Gasteiger partial charge in [0.25, 0.3) is 11.8 Å². The van der Waals surface area contributed by atoms with E-state index in [4.69, 9.17) is 16.3 Å². The standard InChI is InChI=1S/C20H26ClN5O3/c1-3-4-12-26(2)20-24-13-16(21)18(25-20)19(28)23-11-10-22-17(27)14-29-15-8-6-5-7-9-15/h5-9,13H,3-4,10-12,14H2,1-2H3,(H,22,27)(H,23,28). The highest BCUT2D eigenvalue weighted by Gasteiger charge is 2.15. The third-order valence-electron chi connectivity index (χ3n) is 3.98. The summed E-state index contributed by atoms with van der Waals surface area (Å²) in [4.78, 5) is 34.5. The Morgan fingerprint density at radius 3 is 2.62 bits per heavy atom. The monoisotopic (exact) mass is 419 g/mol. The van der Waals surface area contributed by atoms with E-state index in [0.29, 0.717) is 11.7 Å². The molecule has 1 aromatic heterocycles. The first-order chi connectivity index (χ1) is 14.0. The number of rotatable bonds is 11. The minimum Gasteiger partial charge on any atom is -0.484 e. The number of benzene rings is 1. The van der Waals surface area contributed by atoms with Crippen LogP contribution in [0, 0.1) is 0 Å². The second-order valence-corrected chi connectivity index (χ2v) is 6.76. The summed E-state index contributed by atoms with van der Waals surface area (Å²) in [5, 5.41) is 5.54. The van der Waals surface area contributed by atoms with Crippen molar-refractivity contribution < 1.29 is 14.3 Å². The molecule has 2 aromatic rings. The summed E-state index contributed by atoms with van der Waals surface area (Å²) in [6.07, 6.45) is 3.47. The number of hydrogen-bond acceptors (Lipinski definition) is 6. The minimum absolute atomic E-state index is 0.0941. The molecule has 0 atom stereocenters. The van der Waals surface area contributed by atoms with E-state index >= 15 is 0 Å². The van der Waals surface area contributed by atoms with Crippen LogP contribution in [0.5, 0.6) is 5.75 Å². The fourth-order valence-electron chi connectivity index (χ4n) is 2.37. The van der Waals surface area contributed by atoms with Gasteiger partial charge in [0, 0.05) is 26.7 Å². The molecule has 0 aliphatic heterocycles. The van der Waals surface area contributed by atoms with Crippen LogP contribution in [0.4, 0.5) is 5.95 Å². The lowest BCUT2D eigenvalue weighted by Gasteiger charge is -2.17. The summed E-state index contributed by atoms with van der Waals surface area (Å²) in [6.45, 7) is 3.29. The van der Waals surface area contributed by atoms with E-state index in [1.165, 1.54) is 6.20 Å². The molecular formula is C20H26ClN5O3. The van der Waals surface area contributed by atoms with E-state index in [1.807, 2.05) is 30.1 Å². The van der Waals surface area contributed by atoms with E-state index < -0.39 is 5.91 Å². The van der Waals surface area contributed by atoms with Gasteiger partial charge in [0.2, 0.25) is 5.95 Å². The van der Waals surface area contributed by atoms with Gasteiger partial charge in [-0.2, -0.15) is 0 Å². The topological polar surface area (TPSA) is 96.5 Å². The van der Waals surface area contributed by atoms with Crippen molar-refractivity contribution in [1.82, 2.24) is 20.6 Å². The minimum atomic E-state index is -0.419. The van der Waals surface area contributed by atoms with Crippen LogP contribution in [-0.4, -0.2) is 55.1 Å². The molecule has 0 spiro atoms. The lowest BCUT2D eigenvalue weighted by atomic mass is 10.3. The summed E-state index contributed by atoms with van der Waals surface area (Å²) in [6, 6.07) is 9.06. The van der Waals surface area contributed by atoms with Crippen LogP contribution < -0.4 is 20.3 Å². The Morgan fingerprint density at radius 1 is 1.17 bits per heavy atom. The Kier molecular flexibility index (Phi) is 9.17. The Hall–Kier alpha value is -2.87. The SMILES string of the molecule is CCCCN(C)c1ncc(Cl)c(C(=O)NCCNC(=O)COc2ccccc2)n1. The van der Waals surface area contributed by atoms with Crippen LogP contribution in [0.15, 0.2) is 36.5 Å². The molecule has 2 N–H and O–H groups in total. The van der Waals surface area contributed by atoms with Crippen molar-refractivity contribution in [2.45, 2.75) is 19.8 Å². The van der Waals surface area contributed by atoms with Gasteiger partial charge in [-0.05, 0) is 18.6 Å². The van der Waals surface area contributed by atoms with Gasteiger partial charge in [0.15, 0.2) is 12.3 Å². The summed E-state index contributed by atoms with van der Waals surface area (Å²) >= 11 is 6.07. The highest BCUT2D eigenvalue weighted by atomic mass is 35.5. The molecule has 2 amide bonds. The van der Waals surface area contributed by atoms with E-state index in [9.17, 15) is 9.59 Å². The lowest BCUT2D eigenvalue weighted by molar-refractivity contribution is -0.123. The molecule has 0 radical (unpaired) electrons. The highest BCUT2D eigenvalue weighted by molar-refractivity contribution is 6.33. The number of carbonyl (C=O) groups is 2. The average molecular weight is 420 g/mol. The Morgan fingerprint density at radius 2 is 1.90 bits per heavy atom. The van der Waals surface area contributed by atoms with Crippen LogP contribution in [0.2, 0.25) is 5.02 Å². The first-order valence-electron chi connectivity index (χ1n) is 9.47. The Labute approximate surface area is 175 Å². The molecule has 0 bridgehead atoms. The molecule has 1 heterocycles. The van der Waals surface area contributed by atoms with E-state index in [-0.39, 0.29) is 36.3 Å². The maximum Gasteiger partial charge on any atom is 0.271 e. The predicted molar refractivity (Wildman–Crippen MR) is 112 cm³/mol. The second-order valence-electron chi connectivity index (χ2n) is 6.35. The average Bonchev–Trinajstić information content (AvgIpc) is 2.74. The molecule has 1 aromatic carbocycles. The summed E-state index contributed by atoms with van der Waals surface area (Å²) in [5.74, 6) is 0.369. The molecule has 0 saturated heterocycles. The Bertz CT molecular complexity index is 804. The van der Waals surface area contributed by atoms with Crippen molar-refractivity contribution in [3.8, 4) is 5.75 Å². The normalized spacial score (nSPS) is 10.3. The van der Waals surface area contributed by atoms with E-state index in [2.05, 4.69) is 27.5 Å². The summed E-state index contributed by atoms with van der Waals surface area (Å²) in [7, 11) is 1.87. The number of aromatic nitrogens is 2. The maximum absolute atomic E-state index is 12.4. The number of nitrogens with zero attached hydrogens (tertiary/aromatic N) is 3. The number of carbonyl (C=O) groups excluding carboxylic acids is 2. The van der Waals surface area contributed by atoms with Crippen molar-refractivity contribution in [3.05, 3.63) is 47.2 Å². The molecule has 29 heavy (non-hydrogen) atoms. The number of anilines is 1. The van der Waals surface area contributed by atoms with Gasteiger partial charge in [-0.25, -0.2) is 9.97 Å². The number of nitrogens with one attached hydrogen (secondary N) is 2. The molecular weight excluding hydrogens is 394 g/mol. The van der Waals surface area contributed by atoms with Crippen LogP contribution in [-0.2, 0) is 4.79 Å². The van der Waals surface area contributed by atoms with Gasteiger partial charge >= 0.3 is 0 Å². The lowest BCUT2D eigenvalue weighted by Crippen LogP contribution is -2.37. The second kappa shape index (κ2) is 11.9. The summed E-state index contributed by atoms with van der Waals surface area (Å²) < 4.78 is 5.36. The van der Waals surface area contributed by atoms with Crippen molar-refractivity contribution in [2.75, 3.05) is 38.2 Å². The smallest absolute Gasteiger partial charge is 0.271 e. The molecule has 156 valence electrons. The first kappa shape index (κ1) is 22.4. The van der Waals surface area contributed by atoms with Crippen molar-refractivity contribution in [1.29, 1.82) is 0 Å². The zero-order chi connectivity index (χ0) is 21.1. The molecule has 2 rings (SSSR count). The van der Waals surface area contributed by atoms with Crippen LogP contribution >= 0.6 is 11.6 Å². The van der Waals surface area contributed by atoms with Crippen LogP contribution in [0.3, 0.4) is 0 Å². The van der Waals surface area contributed by atoms with Gasteiger partial charge in [0.1, 0.15) is 5.75 Å². The van der Waals surface area contributed by atoms with Gasteiger partial charge in [0.05, 0.1) is 11.2 Å². The quantitative estimate of drug-likeness (QED) is 0.542. The van der Waals surface area contributed by atoms with Gasteiger partial charge < -0.3 is 20.3 Å². The van der Waals surface area contributed by atoms with Crippen molar-refractivity contribution in [3.63, 3.8) is 0 Å². The zero-order valence-corrected chi connectivity index (χ0v) is 17.4. The fraction of sp³-hybridized carbons (Fsp3) is 0.400. The van der Waals surface area contributed by atoms with Crippen LogP contribution in [0.25, 0.3) is 0 Å². The van der Waals surface area contributed by atoms with E-state index in [1.54, 1.807) is 12.1 Å². The van der Waals surface area contributed by atoms with Crippen molar-refractivity contribution >= 4 is 29.4 Å². The molecule has 0 aliphatic rings. The Balaban J connectivity index is 1.76. The highest BCUT2D eigenvalue weighted by Crippen LogP contribution is 2.16. The van der Waals surface area contributed by atoms with Gasteiger partial charge in [-0.15, -0.1) is 0 Å². The third kappa shape index (κ3) is 7.57. The van der Waals surface area contributed by atoms with Gasteiger partial charge in [-0.1, -0.05) is 43.1 Å². The number of halogens is 1. The van der Waals surface area contributed by atoms with Gasteiger partial charge in [-0.3, -0.25) is 9.59 Å². The maximum atomic E-state index is 12.4. The first-order valence-corrected chi connectivity index (χ1v) is 9.85. The third-order valence-corrected chi connectivity index (χ3v) is 4.26. The molecule has 8 nitrogen and oxygen atoms in total. The number of para-hydroxylation sites is 1. The molecule has 0 aliphatic carbocycles. The molecule has 9 heteroatoms. The fourth-order valence-corrected chi connectivity index (χ4v) is 2.55. The molecule has 0 fully saturated rings. The molecule has 0 unspecified atom stereocenters. The predicted octanol–water partition coefficient (Wildman–Crippen LogP) is 2.29. The zero-order valence-electron chi connectivity index (χ0n) is 16.7. The van der Waals surface area contributed by atoms with Crippen LogP contribution in [0.1, 0.15) is 30.3 Å². The number of ether oxygens (including phenoxy) is 1.